The number of aromatic nitrogens is 2. The van der Waals surface area contributed by atoms with Crippen LogP contribution in [-0.4, -0.2) is 43.6 Å². The lowest BCUT2D eigenvalue weighted by molar-refractivity contribution is 0.414. The standard InChI is InChI=1S/C28H29N5O4S2/c1-18-8-14-24(32(18)19-9-12-21(36-2)13-10-19)27-26(22-7-5-6-16-29-22)30-28(38)33(27)20-11-15-25(37-3)23(17-20)31-39(4,34)35/h5-17,26-27,31H,1-4H3,(H,30,38). The van der Waals surface area contributed by atoms with Crippen molar-refractivity contribution in [1.82, 2.24) is 14.9 Å². The van der Waals surface area contributed by atoms with E-state index in [1.165, 1.54) is 7.11 Å². The molecule has 2 N–H and O–H groups in total. The summed E-state index contributed by atoms with van der Waals surface area (Å²) in [7, 11) is -0.412. The second-order valence-electron chi connectivity index (χ2n) is 9.19. The Balaban J connectivity index is 1.68. The number of anilines is 2. The predicted molar refractivity (Wildman–Crippen MR) is 156 cm³/mol. The molecule has 9 nitrogen and oxygen atoms in total. The first-order valence-corrected chi connectivity index (χ1v) is 14.5. The maximum absolute atomic E-state index is 12.1. The van der Waals surface area contributed by atoms with E-state index in [9.17, 15) is 8.42 Å². The zero-order chi connectivity index (χ0) is 27.7. The summed E-state index contributed by atoms with van der Waals surface area (Å²) >= 11 is 5.88. The highest BCUT2D eigenvalue weighted by Crippen LogP contribution is 2.44. The number of sulfonamides is 1. The molecule has 1 saturated heterocycles. The molecule has 2 aromatic heterocycles. The van der Waals surface area contributed by atoms with Crippen LogP contribution in [0.25, 0.3) is 5.69 Å². The van der Waals surface area contributed by atoms with Crippen molar-refractivity contribution in [2.24, 2.45) is 0 Å². The molecule has 0 saturated carbocycles. The minimum absolute atomic E-state index is 0.279. The minimum atomic E-state index is -3.55. The van der Waals surface area contributed by atoms with Crippen LogP contribution in [0.5, 0.6) is 11.5 Å². The molecule has 1 fully saturated rings. The van der Waals surface area contributed by atoms with Crippen LogP contribution in [0.4, 0.5) is 11.4 Å². The molecule has 5 rings (SSSR count). The van der Waals surface area contributed by atoms with E-state index in [4.69, 9.17) is 21.7 Å². The largest absolute Gasteiger partial charge is 0.497 e. The molecular weight excluding hydrogens is 534 g/mol. The highest BCUT2D eigenvalue weighted by atomic mass is 32.2. The molecule has 1 aliphatic rings. The van der Waals surface area contributed by atoms with E-state index < -0.39 is 10.0 Å². The quantitative estimate of drug-likeness (QED) is 0.297. The SMILES string of the molecule is COc1ccc(-n2c(C)ccc2C2C(c3ccccn3)NC(=S)N2c2ccc(OC)c(NS(C)(=O)=O)c2)cc1. The van der Waals surface area contributed by atoms with E-state index in [0.29, 0.717) is 22.2 Å². The highest BCUT2D eigenvalue weighted by Gasteiger charge is 2.42. The van der Waals surface area contributed by atoms with Gasteiger partial charge in [0.25, 0.3) is 0 Å². The highest BCUT2D eigenvalue weighted by molar-refractivity contribution is 7.92. The Morgan fingerprint density at radius 1 is 0.974 bits per heavy atom. The van der Waals surface area contributed by atoms with Crippen molar-refractivity contribution in [3.63, 3.8) is 0 Å². The number of rotatable bonds is 8. The van der Waals surface area contributed by atoms with Gasteiger partial charge in [0.1, 0.15) is 17.5 Å². The smallest absolute Gasteiger partial charge is 0.229 e. The van der Waals surface area contributed by atoms with Gasteiger partial charge in [0.15, 0.2) is 5.11 Å². The van der Waals surface area contributed by atoms with E-state index in [-0.39, 0.29) is 12.1 Å². The van der Waals surface area contributed by atoms with Gasteiger partial charge in [-0.2, -0.15) is 0 Å². The molecule has 2 atom stereocenters. The van der Waals surface area contributed by atoms with E-state index in [0.717, 1.165) is 34.8 Å². The summed E-state index contributed by atoms with van der Waals surface area (Å²) < 4.78 is 39.7. The number of nitrogens with zero attached hydrogens (tertiary/aromatic N) is 3. The second kappa shape index (κ2) is 10.6. The fraction of sp³-hybridized carbons (Fsp3) is 0.214. The summed E-state index contributed by atoms with van der Waals surface area (Å²) in [4.78, 5) is 6.63. The summed E-state index contributed by atoms with van der Waals surface area (Å²) in [5, 5.41) is 3.95. The predicted octanol–water partition coefficient (Wildman–Crippen LogP) is 4.75. The van der Waals surface area contributed by atoms with Gasteiger partial charge in [0.2, 0.25) is 10.0 Å². The van der Waals surface area contributed by atoms with Crippen LogP contribution in [0.2, 0.25) is 0 Å². The van der Waals surface area contributed by atoms with Crippen LogP contribution in [-0.2, 0) is 10.0 Å². The molecule has 11 heteroatoms. The van der Waals surface area contributed by atoms with Crippen molar-refractivity contribution >= 4 is 38.7 Å². The zero-order valence-electron chi connectivity index (χ0n) is 22.0. The summed E-state index contributed by atoms with van der Waals surface area (Å²) in [5.74, 6) is 1.17. The zero-order valence-corrected chi connectivity index (χ0v) is 23.6. The number of methoxy groups -OCH3 is 2. The molecule has 39 heavy (non-hydrogen) atoms. The number of hydrogen-bond donors (Lipinski definition) is 2. The summed E-state index contributed by atoms with van der Waals surface area (Å²) in [6, 6.07) is 22.5. The molecule has 1 aliphatic heterocycles. The molecule has 0 amide bonds. The number of benzene rings is 2. The van der Waals surface area contributed by atoms with Crippen LogP contribution in [0.15, 0.2) is 79.0 Å². The number of thiocarbonyl (C=S) groups is 1. The van der Waals surface area contributed by atoms with Crippen LogP contribution in [0.1, 0.15) is 29.2 Å². The molecule has 2 unspecified atom stereocenters. The van der Waals surface area contributed by atoms with E-state index in [1.54, 1.807) is 25.4 Å². The maximum atomic E-state index is 12.1. The van der Waals surface area contributed by atoms with Crippen molar-refractivity contribution in [2.45, 2.75) is 19.0 Å². The third-order valence-electron chi connectivity index (χ3n) is 6.59. The van der Waals surface area contributed by atoms with E-state index in [2.05, 4.69) is 38.6 Å². The van der Waals surface area contributed by atoms with Gasteiger partial charge in [0, 0.05) is 29.0 Å². The molecule has 202 valence electrons. The van der Waals surface area contributed by atoms with Gasteiger partial charge in [-0.25, -0.2) is 8.42 Å². The average Bonchev–Trinajstić information content (AvgIpc) is 3.47. The Morgan fingerprint density at radius 2 is 1.72 bits per heavy atom. The number of hydrogen-bond acceptors (Lipinski definition) is 6. The van der Waals surface area contributed by atoms with E-state index >= 15 is 0 Å². The maximum Gasteiger partial charge on any atom is 0.229 e. The molecule has 0 radical (unpaired) electrons. The van der Waals surface area contributed by atoms with Crippen LogP contribution in [0, 0.1) is 6.92 Å². The summed E-state index contributed by atoms with van der Waals surface area (Å²) in [6.45, 7) is 2.05. The lowest BCUT2D eigenvalue weighted by Crippen LogP contribution is -2.30. The Labute approximate surface area is 233 Å². The normalized spacial score (nSPS) is 17.1. The van der Waals surface area contributed by atoms with Gasteiger partial charge in [-0.1, -0.05) is 6.07 Å². The van der Waals surface area contributed by atoms with Gasteiger partial charge in [0.05, 0.1) is 37.9 Å². The molecule has 4 aromatic rings. The number of ether oxygens (including phenoxy) is 2. The first kappa shape index (κ1) is 26.5. The average molecular weight is 564 g/mol. The molecule has 0 aliphatic carbocycles. The van der Waals surface area contributed by atoms with Crippen LogP contribution < -0.4 is 24.4 Å². The van der Waals surface area contributed by atoms with Gasteiger partial charge in [-0.15, -0.1) is 0 Å². The molecule has 2 aromatic carbocycles. The molecule has 0 spiro atoms. The third-order valence-corrected chi connectivity index (χ3v) is 7.50. The van der Waals surface area contributed by atoms with Crippen molar-refractivity contribution in [3.8, 4) is 17.2 Å². The lowest BCUT2D eigenvalue weighted by atomic mass is 10.0. The first-order valence-electron chi connectivity index (χ1n) is 12.2. The Bertz CT molecular complexity index is 1600. The topological polar surface area (TPSA) is 97.7 Å². The summed E-state index contributed by atoms with van der Waals surface area (Å²) in [6.07, 6.45) is 2.86. The van der Waals surface area contributed by atoms with Crippen molar-refractivity contribution in [2.75, 3.05) is 30.1 Å². The number of nitrogens with one attached hydrogen (secondary N) is 2. The van der Waals surface area contributed by atoms with Gasteiger partial charge >= 0.3 is 0 Å². The fourth-order valence-corrected chi connectivity index (χ4v) is 5.84. The first-order chi connectivity index (χ1) is 18.7. The number of aryl methyl sites for hydroxylation is 1. The Kier molecular flexibility index (Phi) is 7.19. The Hall–Kier alpha value is -4.09. The minimum Gasteiger partial charge on any atom is -0.497 e. The van der Waals surface area contributed by atoms with Crippen LogP contribution >= 0.6 is 12.2 Å². The van der Waals surface area contributed by atoms with Crippen molar-refractivity contribution in [1.29, 1.82) is 0 Å². The third kappa shape index (κ3) is 5.27. The lowest BCUT2D eigenvalue weighted by Gasteiger charge is -2.30. The monoisotopic (exact) mass is 563 g/mol. The van der Waals surface area contributed by atoms with Gasteiger partial charge in [-0.3, -0.25) is 9.71 Å². The number of pyridine rings is 1. The molecule has 0 bridgehead atoms. The van der Waals surface area contributed by atoms with Crippen molar-refractivity contribution < 1.29 is 17.9 Å². The van der Waals surface area contributed by atoms with Crippen molar-refractivity contribution in [3.05, 3.63) is 96.1 Å². The Morgan fingerprint density at radius 3 is 2.36 bits per heavy atom. The molecular formula is C28H29N5O4S2. The summed E-state index contributed by atoms with van der Waals surface area (Å²) in [5.41, 5.74) is 4.84. The molecule has 3 heterocycles. The van der Waals surface area contributed by atoms with E-state index in [1.807, 2.05) is 53.4 Å². The second-order valence-corrected chi connectivity index (χ2v) is 11.3. The van der Waals surface area contributed by atoms with Gasteiger partial charge < -0.3 is 24.3 Å². The van der Waals surface area contributed by atoms with Gasteiger partial charge in [-0.05, 0) is 85.9 Å². The fourth-order valence-electron chi connectivity index (χ4n) is 4.93. The van der Waals surface area contributed by atoms with Crippen LogP contribution in [0.3, 0.4) is 0 Å².